The van der Waals surface area contributed by atoms with E-state index in [0.717, 1.165) is 21.4 Å². The van der Waals surface area contributed by atoms with E-state index in [1.165, 1.54) is 0 Å². The fourth-order valence-electron chi connectivity index (χ4n) is 3.04. The lowest BCUT2D eigenvalue weighted by Crippen LogP contribution is -2.24. The second kappa shape index (κ2) is 6.74. The molecule has 0 radical (unpaired) electrons. The van der Waals surface area contributed by atoms with E-state index >= 15 is 0 Å². The summed E-state index contributed by atoms with van der Waals surface area (Å²) >= 11 is 8.08. The van der Waals surface area contributed by atoms with Gasteiger partial charge in [0.15, 0.2) is 0 Å². The molecule has 0 amide bonds. The Balaban J connectivity index is 1.83. The molecule has 130 valence electrons. The third-order valence-corrected chi connectivity index (χ3v) is 5.48. The van der Waals surface area contributed by atoms with Gasteiger partial charge in [0.1, 0.15) is 11.0 Å². The van der Waals surface area contributed by atoms with Crippen molar-refractivity contribution in [1.29, 1.82) is 0 Å². The Morgan fingerprint density at radius 2 is 1.88 bits per heavy atom. The second-order valence-corrected chi connectivity index (χ2v) is 7.30. The van der Waals surface area contributed by atoms with Gasteiger partial charge in [-0.3, -0.25) is 9.36 Å². The number of para-hydroxylation sites is 1. The van der Waals surface area contributed by atoms with Crippen LogP contribution in [0.25, 0.3) is 21.8 Å². The Kier molecular flexibility index (Phi) is 4.42. The zero-order valence-corrected chi connectivity index (χ0v) is 15.9. The summed E-state index contributed by atoms with van der Waals surface area (Å²) < 4.78 is 1.65. The van der Waals surface area contributed by atoms with Crippen LogP contribution in [0.1, 0.15) is 11.4 Å². The highest BCUT2D eigenvalue weighted by molar-refractivity contribution is 7.98. The van der Waals surface area contributed by atoms with Crippen molar-refractivity contribution in [1.82, 2.24) is 14.5 Å². The number of hydrogen-bond acceptors (Lipinski definition) is 4. The molecule has 0 aliphatic rings. The standard InChI is InChI=1S/C20H16ClN3OS/c1-12-22-17-6-4-3-5-16(17)20(25)24(12)11-14-9-13-7-8-15(26-2)10-18(13)23-19(14)21/h3-10H,11H2,1-2H3. The Bertz CT molecular complexity index is 1200. The summed E-state index contributed by atoms with van der Waals surface area (Å²) in [6.45, 7) is 2.18. The van der Waals surface area contributed by atoms with E-state index in [0.29, 0.717) is 28.4 Å². The molecule has 0 N–H and O–H groups in total. The molecule has 0 unspecified atom stereocenters. The first kappa shape index (κ1) is 17.1. The largest absolute Gasteiger partial charge is 0.292 e. The average molecular weight is 382 g/mol. The first-order valence-electron chi connectivity index (χ1n) is 8.16. The molecule has 0 fully saturated rings. The van der Waals surface area contributed by atoms with Gasteiger partial charge >= 0.3 is 0 Å². The van der Waals surface area contributed by atoms with Gasteiger partial charge in [-0.1, -0.05) is 29.8 Å². The first-order valence-corrected chi connectivity index (χ1v) is 9.76. The van der Waals surface area contributed by atoms with E-state index in [2.05, 4.69) is 16.0 Å². The summed E-state index contributed by atoms with van der Waals surface area (Å²) in [4.78, 5) is 23.1. The zero-order chi connectivity index (χ0) is 18.3. The van der Waals surface area contributed by atoms with Crippen LogP contribution in [0, 0.1) is 6.92 Å². The topological polar surface area (TPSA) is 47.8 Å². The molecular formula is C20H16ClN3OS. The lowest BCUT2D eigenvalue weighted by molar-refractivity contribution is 0.711. The number of pyridine rings is 1. The predicted molar refractivity (Wildman–Crippen MR) is 108 cm³/mol. The molecule has 6 heteroatoms. The monoisotopic (exact) mass is 381 g/mol. The lowest BCUT2D eigenvalue weighted by atomic mass is 10.1. The normalized spacial score (nSPS) is 11.3. The maximum absolute atomic E-state index is 12.9. The second-order valence-electron chi connectivity index (χ2n) is 6.06. The minimum absolute atomic E-state index is 0.0676. The van der Waals surface area contributed by atoms with Crippen LogP contribution >= 0.6 is 23.4 Å². The SMILES string of the molecule is CSc1ccc2cc(Cn3c(C)nc4ccccc4c3=O)c(Cl)nc2c1. The van der Waals surface area contributed by atoms with Crippen LogP contribution in [0.3, 0.4) is 0 Å². The van der Waals surface area contributed by atoms with Crippen LogP contribution in [0.5, 0.6) is 0 Å². The summed E-state index contributed by atoms with van der Waals surface area (Å²) in [6, 6.07) is 15.5. The van der Waals surface area contributed by atoms with E-state index in [9.17, 15) is 4.79 Å². The van der Waals surface area contributed by atoms with Gasteiger partial charge < -0.3 is 0 Å². The Morgan fingerprint density at radius 1 is 1.08 bits per heavy atom. The van der Waals surface area contributed by atoms with Crippen LogP contribution in [-0.2, 0) is 6.54 Å². The molecule has 0 atom stereocenters. The summed E-state index contributed by atoms with van der Waals surface area (Å²) in [5.41, 5.74) is 2.30. The number of rotatable bonds is 3. The maximum atomic E-state index is 12.9. The van der Waals surface area contributed by atoms with Crippen molar-refractivity contribution in [2.24, 2.45) is 0 Å². The molecule has 0 saturated heterocycles. The number of nitrogens with zero attached hydrogens (tertiary/aromatic N) is 3. The van der Waals surface area contributed by atoms with E-state index in [1.807, 2.05) is 49.6 Å². The van der Waals surface area contributed by atoms with Crippen LogP contribution in [0.15, 0.2) is 58.2 Å². The van der Waals surface area contributed by atoms with Gasteiger partial charge in [-0.25, -0.2) is 9.97 Å². The maximum Gasteiger partial charge on any atom is 0.261 e. The number of benzene rings is 2. The van der Waals surface area contributed by atoms with Crippen LogP contribution in [0.2, 0.25) is 5.15 Å². The number of aromatic nitrogens is 3. The predicted octanol–water partition coefficient (Wildman–Crippen LogP) is 4.68. The Morgan fingerprint density at radius 3 is 2.69 bits per heavy atom. The van der Waals surface area contributed by atoms with Crippen molar-refractivity contribution in [3.8, 4) is 0 Å². The number of halogens is 1. The van der Waals surface area contributed by atoms with Gasteiger partial charge in [0.05, 0.1) is 23.0 Å². The molecule has 0 saturated carbocycles. The van der Waals surface area contributed by atoms with Gasteiger partial charge in [0.2, 0.25) is 0 Å². The highest BCUT2D eigenvalue weighted by Crippen LogP contribution is 2.25. The average Bonchev–Trinajstić information content (AvgIpc) is 2.65. The van der Waals surface area contributed by atoms with Crippen molar-refractivity contribution in [2.75, 3.05) is 6.26 Å². The molecule has 4 nitrogen and oxygen atoms in total. The lowest BCUT2D eigenvalue weighted by Gasteiger charge is -2.12. The molecule has 2 heterocycles. The zero-order valence-electron chi connectivity index (χ0n) is 14.4. The van der Waals surface area contributed by atoms with Crippen LogP contribution in [-0.4, -0.2) is 20.8 Å². The number of fused-ring (bicyclic) bond motifs is 2. The van der Waals surface area contributed by atoms with E-state index in [-0.39, 0.29) is 5.56 Å². The molecule has 0 spiro atoms. The summed E-state index contributed by atoms with van der Waals surface area (Å²) in [6.07, 6.45) is 2.03. The molecule has 2 aromatic carbocycles. The van der Waals surface area contributed by atoms with Crippen LogP contribution in [0.4, 0.5) is 0 Å². The van der Waals surface area contributed by atoms with Gasteiger partial charge in [-0.05, 0) is 43.5 Å². The van der Waals surface area contributed by atoms with Gasteiger partial charge in [0.25, 0.3) is 5.56 Å². The molecular weight excluding hydrogens is 366 g/mol. The van der Waals surface area contributed by atoms with Crippen molar-refractivity contribution >= 4 is 45.2 Å². The van der Waals surface area contributed by atoms with Gasteiger partial charge in [0, 0.05) is 15.8 Å². The summed E-state index contributed by atoms with van der Waals surface area (Å²) in [7, 11) is 0. The summed E-state index contributed by atoms with van der Waals surface area (Å²) in [5.74, 6) is 0.655. The fraction of sp³-hybridized carbons (Fsp3) is 0.150. The molecule has 0 aliphatic heterocycles. The van der Waals surface area contributed by atoms with Crippen molar-refractivity contribution in [2.45, 2.75) is 18.4 Å². The van der Waals surface area contributed by atoms with Crippen molar-refractivity contribution < 1.29 is 0 Å². The van der Waals surface area contributed by atoms with Crippen molar-refractivity contribution in [3.05, 3.63) is 75.4 Å². The minimum atomic E-state index is -0.0676. The smallest absolute Gasteiger partial charge is 0.261 e. The van der Waals surface area contributed by atoms with Gasteiger partial charge in [-0.2, -0.15) is 0 Å². The molecule has 2 aromatic heterocycles. The quantitative estimate of drug-likeness (QED) is 0.382. The fourth-order valence-corrected chi connectivity index (χ4v) is 3.68. The molecule has 0 bridgehead atoms. The molecule has 0 aliphatic carbocycles. The molecule has 4 rings (SSSR count). The highest BCUT2D eigenvalue weighted by atomic mass is 35.5. The Labute approximate surface area is 159 Å². The number of hydrogen-bond donors (Lipinski definition) is 0. The van der Waals surface area contributed by atoms with Crippen molar-refractivity contribution in [3.63, 3.8) is 0 Å². The summed E-state index contributed by atoms with van der Waals surface area (Å²) in [5, 5.41) is 2.02. The Hall–Kier alpha value is -2.37. The third kappa shape index (κ3) is 2.97. The third-order valence-electron chi connectivity index (χ3n) is 4.43. The highest BCUT2D eigenvalue weighted by Gasteiger charge is 2.12. The molecule has 4 aromatic rings. The van der Waals surface area contributed by atoms with Gasteiger partial charge in [-0.15, -0.1) is 11.8 Å². The number of aryl methyl sites for hydroxylation is 1. The van der Waals surface area contributed by atoms with Crippen LogP contribution < -0.4 is 5.56 Å². The molecule has 26 heavy (non-hydrogen) atoms. The van der Waals surface area contributed by atoms with E-state index < -0.39 is 0 Å². The van der Waals surface area contributed by atoms with E-state index in [1.54, 1.807) is 22.4 Å². The minimum Gasteiger partial charge on any atom is -0.292 e. The number of thioether (sulfide) groups is 1. The first-order chi connectivity index (χ1) is 12.6. The van der Waals surface area contributed by atoms with E-state index in [4.69, 9.17) is 11.6 Å².